The molecule has 2 amide bonds. The lowest BCUT2D eigenvalue weighted by atomic mass is 10.3. The Morgan fingerprint density at radius 3 is 2.78 bits per heavy atom. The maximum absolute atomic E-state index is 11.8. The van der Waals surface area contributed by atoms with E-state index in [2.05, 4.69) is 15.6 Å². The molecular formula is C16H17N3O3S. The van der Waals surface area contributed by atoms with E-state index < -0.39 is 0 Å². The van der Waals surface area contributed by atoms with Crippen LogP contribution in [0, 0.1) is 0 Å². The summed E-state index contributed by atoms with van der Waals surface area (Å²) in [5.41, 5.74) is 1.09. The molecule has 1 aliphatic rings. The molecule has 0 saturated heterocycles. The van der Waals surface area contributed by atoms with E-state index >= 15 is 0 Å². The van der Waals surface area contributed by atoms with E-state index in [1.807, 2.05) is 18.2 Å². The molecule has 120 valence electrons. The van der Waals surface area contributed by atoms with Crippen molar-refractivity contribution < 1.29 is 14.3 Å². The average Bonchev–Trinajstić information content (AvgIpc) is 3.13. The molecule has 1 aromatic heterocycles. The Bertz CT molecular complexity index is 678. The Kier molecular flexibility index (Phi) is 4.87. The second-order valence-corrected chi connectivity index (χ2v) is 6.25. The van der Waals surface area contributed by atoms with E-state index in [1.54, 1.807) is 12.1 Å². The topological polar surface area (TPSA) is 80.3 Å². The van der Waals surface area contributed by atoms with Crippen LogP contribution in [-0.4, -0.2) is 29.9 Å². The number of benzene rings is 1. The van der Waals surface area contributed by atoms with E-state index in [0.717, 1.165) is 25.0 Å². The molecular weight excluding hydrogens is 314 g/mol. The van der Waals surface area contributed by atoms with Crippen molar-refractivity contribution in [3.8, 4) is 5.75 Å². The Morgan fingerprint density at radius 2 is 2.00 bits per heavy atom. The number of fused-ring (bicyclic) bond motifs is 1. The van der Waals surface area contributed by atoms with Gasteiger partial charge in [-0.15, -0.1) is 11.3 Å². The summed E-state index contributed by atoms with van der Waals surface area (Å²) in [7, 11) is 0. The van der Waals surface area contributed by atoms with Crippen LogP contribution in [0.2, 0.25) is 0 Å². The molecule has 0 radical (unpaired) electrons. The van der Waals surface area contributed by atoms with E-state index in [1.165, 1.54) is 16.2 Å². The summed E-state index contributed by atoms with van der Waals surface area (Å²) >= 11 is 1.51. The maximum Gasteiger partial charge on any atom is 0.258 e. The first-order valence-electron chi connectivity index (χ1n) is 7.43. The van der Waals surface area contributed by atoms with Crippen LogP contribution in [0.5, 0.6) is 5.75 Å². The van der Waals surface area contributed by atoms with Gasteiger partial charge in [0.15, 0.2) is 11.7 Å². The Labute approximate surface area is 137 Å². The van der Waals surface area contributed by atoms with Gasteiger partial charge >= 0.3 is 0 Å². The van der Waals surface area contributed by atoms with Crippen molar-refractivity contribution in [1.29, 1.82) is 0 Å². The number of aryl methyl sites for hydroxylation is 2. The van der Waals surface area contributed by atoms with Crippen molar-refractivity contribution in [3.63, 3.8) is 0 Å². The molecule has 0 spiro atoms. The van der Waals surface area contributed by atoms with Gasteiger partial charge in [-0.3, -0.25) is 9.59 Å². The summed E-state index contributed by atoms with van der Waals surface area (Å²) in [6, 6.07) is 9.05. The molecule has 0 atom stereocenters. The standard InChI is InChI=1S/C16H17N3O3S/c20-14(19-16-18-12-7-4-8-13(12)23-16)9-17-15(21)10-22-11-5-2-1-3-6-11/h1-3,5-6H,4,7-10H2,(H,17,21)(H,18,19,20). The molecule has 0 bridgehead atoms. The van der Waals surface area contributed by atoms with E-state index in [4.69, 9.17) is 4.74 Å². The minimum absolute atomic E-state index is 0.0960. The normalized spacial score (nSPS) is 12.5. The van der Waals surface area contributed by atoms with Crippen molar-refractivity contribution in [2.24, 2.45) is 0 Å². The second kappa shape index (κ2) is 7.23. The third kappa shape index (κ3) is 4.29. The van der Waals surface area contributed by atoms with Crippen LogP contribution in [0.15, 0.2) is 30.3 Å². The number of amides is 2. The molecule has 2 aromatic rings. The predicted octanol–water partition coefficient (Wildman–Crippen LogP) is 1.77. The molecule has 3 rings (SSSR count). The highest BCUT2D eigenvalue weighted by Gasteiger charge is 2.17. The Morgan fingerprint density at radius 1 is 1.17 bits per heavy atom. The zero-order valence-corrected chi connectivity index (χ0v) is 13.3. The lowest BCUT2D eigenvalue weighted by molar-refractivity contribution is -0.125. The van der Waals surface area contributed by atoms with E-state index in [-0.39, 0.29) is 25.0 Å². The summed E-state index contributed by atoms with van der Waals surface area (Å²) in [6.07, 6.45) is 3.16. The SMILES string of the molecule is O=C(COc1ccccc1)NCC(=O)Nc1nc2c(s1)CCC2. The van der Waals surface area contributed by atoms with Crippen LogP contribution in [0.1, 0.15) is 17.0 Å². The average molecular weight is 331 g/mol. The van der Waals surface area contributed by atoms with Crippen molar-refractivity contribution in [3.05, 3.63) is 40.9 Å². The maximum atomic E-state index is 11.8. The van der Waals surface area contributed by atoms with E-state index in [9.17, 15) is 9.59 Å². The fourth-order valence-corrected chi connectivity index (χ4v) is 3.37. The molecule has 23 heavy (non-hydrogen) atoms. The Hall–Kier alpha value is -2.41. The summed E-state index contributed by atoms with van der Waals surface area (Å²) in [6.45, 7) is -0.218. The number of para-hydroxylation sites is 1. The molecule has 2 N–H and O–H groups in total. The van der Waals surface area contributed by atoms with Gasteiger partial charge in [0.2, 0.25) is 5.91 Å². The highest BCUT2D eigenvalue weighted by atomic mass is 32.1. The molecule has 0 saturated carbocycles. The van der Waals surface area contributed by atoms with Crippen LogP contribution in [0.3, 0.4) is 0 Å². The summed E-state index contributed by atoms with van der Waals surface area (Å²) in [4.78, 5) is 29.1. The smallest absolute Gasteiger partial charge is 0.258 e. The first-order chi connectivity index (χ1) is 11.2. The fraction of sp³-hybridized carbons (Fsp3) is 0.312. The summed E-state index contributed by atoms with van der Waals surface area (Å²) < 4.78 is 5.31. The number of thiazole rings is 1. The molecule has 0 aliphatic heterocycles. The largest absolute Gasteiger partial charge is 0.484 e. The van der Waals surface area contributed by atoms with Gasteiger partial charge < -0.3 is 15.4 Å². The number of carbonyl (C=O) groups excluding carboxylic acids is 2. The molecule has 7 heteroatoms. The third-order valence-electron chi connectivity index (χ3n) is 3.40. The lowest BCUT2D eigenvalue weighted by Gasteiger charge is -2.07. The second-order valence-electron chi connectivity index (χ2n) is 5.17. The van der Waals surface area contributed by atoms with Gasteiger partial charge in [0.1, 0.15) is 5.75 Å². The fourth-order valence-electron chi connectivity index (χ4n) is 2.30. The van der Waals surface area contributed by atoms with Crippen molar-refractivity contribution in [2.45, 2.75) is 19.3 Å². The molecule has 1 heterocycles. The molecule has 6 nitrogen and oxygen atoms in total. The van der Waals surface area contributed by atoms with Gasteiger partial charge in [-0.25, -0.2) is 4.98 Å². The van der Waals surface area contributed by atoms with Crippen LogP contribution >= 0.6 is 11.3 Å². The zero-order chi connectivity index (χ0) is 16.1. The third-order valence-corrected chi connectivity index (χ3v) is 4.47. The van der Waals surface area contributed by atoms with E-state index in [0.29, 0.717) is 10.9 Å². The quantitative estimate of drug-likeness (QED) is 0.845. The highest BCUT2D eigenvalue weighted by molar-refractivity contribution is 7.15. The molecule has 0 unspecified atom stereocenters. The van der Waals surface area contributed by atoms with Gasteiger partial charge in [0.25, 0.3) is 5.91 Å². The van der Waals surface area contributed by atoms with Gasteiger partial charge in [-0.05, 0) is 31.4 Å². The van der Waals surface area contributed by atoms with Crippen LogP contribution in [0.25, 0.3) is 0 Å². The minimum atomic E-state index is -0.342. The van der Waals surface area contributed by atoms with Gasteiger partial charge in [-0.1, -0.05) is 18.2 Å². The van der Waals surface area contributed by atoms with Gasteiger partial charge in [-0.2, -0.15) is 0 Å². The monoisotopic (exact) mass is 331 g/mol. The number of hydrogen-bond acceptors (Lipinski definition) is 5. The first kappa shape index (κ1) is 15.5. The predicted molar refractivity (Wildman–Crippen MR) is 87.7 cm³/mol. The first-order valence-corrected chi connectivity index (χ1v) is 8.25. The van der Waals surface area contributed by atoms with Crippen LogP contribution in [-0.2, 0) is 22.4 Å². The minimum Gasteiger partial charge on any atom is -0.484 e. The number of anilines is 1. The number of nitrogens with one attached hydrogen (secondary N) is 2. The highest BCUT2D eigenvalue weighted by Crippen LogP contribution is 2.30. The van der Waals surface area contributed by atoms with Crippen molar-refractivity contribution >= 4 is 28.3 Å². The van der Waals surface area contributed by atoms with Gasteiger partial charge in [0, 0.05) is 4.88 Å². The van der Waals surface area contributed by atoms with Crippen LogP contribution in [0.4, 0.5) is 5.13 Å². The number of rotatable bonds is 6. The van der Waals surface area contributed by atoms with Crippen molar-refractivity contribution in [1.82, 2.24) is 10.3 Å². The number of aromatic nitrogens is 1. The van der Waals surface area contributed by atoms with Crippen LogP contribution < -0.4 is 15.4 Å². The lowest BCUT2D eigenvalue weighted by Crippen LogP contribution is -2.35. The molecule has 1 aromatic carbocycles. The van der Waals surface area contributed by atoms with Gasteiger partial charge in [0.05, 0.1) is 12.2 Å². The number of ether oxygens (including phenoxy) is 1. The molecule has 1 aliphatic carbocycles. The summed E-state index contributed by atoms with van der Waals surface area (Å²) in [5.74, 6) is -0.0134. The number of carbonyl (C=O) groups is 2. The molecule has 0 fully saturated rings. The summed E-state index contributed by atoms with van der Waals surface area (Å²) in [5, 5.41) is 5.84. The van der Waals surface area contributed by atoms with Crippen molar-refractivity contribution in [2.75, 3.05) is 18.5 Å². The number of hydrogen-bond donors (Lipinski definition) is 2. The Balaban J connectivity index is 1.39. The zero-order valence-electron chi connectivity index (χ0n) is 12.5. The number of nitrogens with zero attached hydrogens (tertiary/aromatic N) is 1.